The number of pyridine rings is 1. The minimum atomic E-state index is -0.584. The zero-order valence-corrected chi connectivity index (χ0v) is 14.1. The number of carbonyl (C=O) groups is 2. The molecule has 0 bridgehead atoms. The Hall–Kier alpha value is -3.09. The molecule has 0 aliphatic carbocycles. The summed E-state index contributed by atoms with van der Waals surface area (Å²) in [6, 6.07) is 9.40. The number of aromatic nitrogens is 1. The van der Waals surface area contributed by atoms with Crippen molar-refractivity contribution >= 4 is 11.9 Å². The number of amides is 1. The molecule has 2 N–H and O–H groups in total. The van der Waals surface area contributed by atoms with E-state index in [1.54, 1.807) is 13.8 Å². The number of hydrogen-bond acceptors (Lipinski definition) is 6. The van der Waals surface area contributed by atoms with Crippen LogP contribution in [0.3, 0.4) is 0 Å². The van der Waals surface area contributed by atoms with Crippen LogP contribution in [0.25, 0.3) is 0 Å². The normalized spacial score (nSPS) is 10.2. The predicted molar refractivity (Wildman–Crippen MR) is 90.4 cm³/mol. The Balaban J connectivity index is 2.15. The van der Waals surface area contributed by atoms with Crippen LogP contribution in [0.5, 0.6) is 11.5 Å². The molecule has 0 saturated carbocycles. The van der Waals surface area contributed by atoms with Crippen LogP contribution in [0.2, 0.25) is 0 Å². The minimum Gasteiger partial charge on any atom is -0.506 e. The second kappa shape index (κ2) is 8.68. The molecular weight excluding hydrogens is 324 g/mol. The van der Waals surface area contributed by atoms with E-state index in [1.807, 2.05) is 30.3 Å². The second-order valence-electron chi connectivity index (χ2n) is 5.21. The van der Waals surface area contributed by atoms with Gasteiger partial charge in [0.15, 0.2) is 11.4 Å². The Kier molecular flexibility index (Phi) is 6.33. The van der Waals surface area contributed by atoms with Gasteiger partial charge in [-0.2, -0.15) is 0 Å². The molecule has 2 aromatic rings. The average molecular weight is 344 g/mol. The van der Waals surface area contributed by atoms with Crippen LogP contribution in [-0.2, 0) is 16.1 Å². The van der Waals surface area contributed by atoms with Gasteiger partial charge in [0.05, 0.1) is 12.8 Å². The predicted octanol–water partition coefficient (Wildman–Crippen LogP) is 1.97. The van der Waals surface area contributed by atoms with E-state index in [0.29, 0.717) is 5.56 Å². The maximum Gasteiger partial charge on any atom is 0.325 e. The number of benzene rings is 1. The number of aromatic hydroxyl groups is 1. The van der Waals surface area contributed by atoms with Crippen molar-refractivity contribution in [2.24, 2.45) is 0 Å². The highest BCUT2D eigenvalue weighted by Crippen LogP contribution is 2.29. The molecule has 1 amide bonds. The number of carbonyl (C=O) groups excluding carboxylic acids is 2. The smallest absolute Gasteiger partial charge is 0.325 e. The number of esters is 1. The van der Waals surface area contributed by atoms with Crippen LogP contribution in [0.15, 0.2) is 36.5 Å². The highest BCUT2D eigenvalue weighted by atomic mass is 16.5. The molecule has 0 aliphatic heterocycles. The van der Waals surface area contributed by atoms with Gasteiger partial charge in [-0.15, -0.1) is 0 Å². The molecule has 7 nitrogen and oxygen atoms in total. The fraction of sp³-hybridized carbons (Fsp3) is 0.278. The van der Waals surface area contributed by atoms with Gasteiger partial charge in [0, 0.05) is 5.56 Å². The molecular formula is C18H20N2O5. The largest absolute Gasteiger partial charge is 0.506 e. The highest BCUT2D eigenvalue weighted by molar-refractivity contribution is 5.97. The first-order valence-corrected chi connectivity index (χ1v) is 7.82. The first-order valence-electron chi connectivity index (χ1n) is 7.82. The molecule has 0 unspecified atom stereocenters. The molecule has 1 aromatic heterocycles. The summed E-state index contributed by atoms with van der Waals surface area (Å²) in [5.74, 6) is -1.03. The summed E-state index contributed by atoms with van der Waals surface area (Å²) in [5, 5.41) is 12.3. The van der Waals surface area contributed by atoms with Crippen molar-refractivity contribution in [3.05, 3.63) is 53.3 Å². The molecule has 2 rings (SSSR count). The van der Waals surface area contributed by atoms with Crippen molar-refractivity contribution in [1.29, 1.82) is 0 Å². The van der Waals surface area contributed by atoms with Crippen molar-refractivity contribution in [3.8, 4) is 11.5 Å². The molecule has 132 valence electrons. The first kappa shape index (κ1) is 18.3. The monoisotopic (exact) mass is 344 g/mol. The van der Waals surface area contributed by atoms with Gasteiger partial charge in [0.1, 0.15) is 18.9 Å². The number of nitrogens with one attached hydrogen (secondary N) is 1. The quantitative estimate of drug-likeness (QED) is 0.745. The molecule has 1 heterocycles. The van der Waals surface area contributed by atoms with E-state index in [2.05, 4.69) is 10.3 Å². The van der Waals surface area contributed by atoms with Gasteiger partial charge in [-0.3, -0.25) is 9.59 Å². The van der Waals surface area contributed by atoms with Crippen LogP contribution >= 0.6 is 0 Å². The number of ether oxygens (including phenoxy) is 2. The van der Waals surface area contributed by atoms with Crippen LogP contribution in [0, 0.1) is 6.92 Å². The lowest BCUT2D eigenvalue weighted by Gasteiger charge is -2.14. The van der Waals surface area contributed by atoms with Gasteiger partial charge in [0.2, 0.25) is 0 Å². The van der Waals surface area contributed by atoms with Gasteiger partial charge in [-0.25, -0.2) is 4.98 Å². The van der Waals surface area contributed by atoms with Crippen LogP contribution < -0.4 is 10.1 Å². The summed E-state index contributed by atoms with van der Waals surface area (Å²) in [6.07, 6.45) is 1.17. The van der Waals surface area contributed by atoms with Crippen molar-refractivity contribution in [2.75, 3.05) is 13.2 Å². The Morgan fingerprint density at radius 1 is 1.24 bits per heavy atom. The molecule has 0 radical (unpaired) electrons. The molecule has 1 aromatic carbocycles. The lowest BCUT2D eigenvalue weighted by atomic mass is 10.2. The van der Waals surface area contributed by atoms with Gasteiger partial charge in [-0.05, 0) is 19.4 Å². The van der Waals surface area contributed by atoms with Crippen molar-refractivity contribution in [1.82, 2.24) is 10.3 Å². The summed E-state index contributed by atoms with van der Waals surface area (Å²) < 4.78 is 10.5. The number of nitrogens with zero attached hydrogens (tertiary/aromatic N) is 1. The molecule has 0 fully saturated rings. The third kappa shape index (κ3) is 4.94. The fourth-order valence-corrected chi connectivity index (χ4v) is 2.09. The van der Waals surface area contributed by atoms with E-state index in [9.17, 15) is 14.7 Å². The summed E-state index contributed by atoms with van der Waals surface area (Å²) in [6.45, 7) is 3.48. The third-order valence-electron chi connectivity index (χ3n) is 3.40. The average Bonchev–Trinajstić information content (AvgIpc) is 2.62. The molecule has 7 heteroatoms. The molecule has 0 spiro atoms. The van der Waals surface area contributed by atoms with Crippen LogP contribution in [0.4, 0.5) is 0 Å². The third-order valence-corrected chi connectivity index (χ3v) is 3.40. The fourth-order valence-electron chi connectivity index (χ4n) is 2.09. The van der Waals surface area contributed by atoms with Gasteiger partial charge in [0.25, 0.3) is 5.91 Å². The topological polar surface area (TPSA) is 97.8 Å². The van der Waals surface area contributed by atoms with Gasteiger partial charge >= 0.3 is 5.97 Å². The van der Waals surface area contributed by atoms with E-state index in [-0.39, 0.29) is 37.0 Å². The molecule has 0 atom stereocenters. The van der Waals surface area contributed by atoms with E-state index >= 15 is 0 Å². The minimum absolute atomic E-state index is 0.00414. The maximum absolute atomic E-state index is 12.3. The Labute approximate surface area is 145 Å². The van der Waals surface area contributed by atoms with E-state index in [1.165, 1.54) is 6.20 Å². The van der Waals surface area contributed by atoms with Gasteiger partial charge < -0.3 is 19.9 Å². The second-order valence-corrected chi connectivity index (χ2v) is 5.21. The molecule has 0 saturated heterocycles. The maximum atomic E-state index is 12.3. The van der Waals surface area contributed by atoms with E-state index in [4.69, 9.17) is 9.47 Å². The van der Waals surface area contributed by atoms with Crippen LogP contribution in [-0.4, -0.2) is 35.1 Å². The first-order chi connectivity index (χ1) is 12.0. The SMILES string of the molecule is CCOC(=O)CNC(=O)c1ncc(O)c(C)c1OCc1ccccc1. The van der Waals surface area contributed by atoms with Crippen molar-refractivity contribution in [2.45, 2.75) is 20.5 Å². The van der Waals surface area contributed by atoms with E-state index < -0.39 is 11.9 Å². The van der Waals surface area contributed by atoms with E-state index in [0.717, 1.165) is 5.56 Å². The summed E-state index contributed by atoms with van der Waals surface area (Å²) in [5.41, 5.74) is 1.30. The molecule has 25 heavy (non-hydrogen) atoms. The zero-order valence-electron chi connectivity index (χ0n) is 14.1. The highest BCUT2D eigenvalue weighted by Gasteiger charge is 2.20. The van der Waals surface area contributed by atoms with Crippen molar-refractivity contribution in [3.63, 3.8) is 0 Å². The molecule has 0 aliphatic rings. The standard InChI is InChI=1S/C18H20N2O5/c1-3-24-15(22)10-20-18(23)16-17(12(2)14(21)9-19-16)25-11-13-7-5-4-6-8-13/h4-9,21H,3,10-11H2,1-2H3,(H,20,23). The summed E-state index contributed by atoms with van der Waals surface area (Å²) >= 11 is 0. The lowest BCUT2D eigenvalue weighted by Crippen LogP contribution is -2.31. The number of rotatable bonds is 7. The van der Waals surface area contributed by atoms with Gasteiger partial charge in [-0.1, -0.05) is 30.3 Å². The van der Waals surface area contributed by atoms with Crippen LogP contribution in [0.1, 0.15) is 28.5 Å². The zero-order chi connectivity index (χ0) is 18.2. The number of hydrogen-bond donors (Lipinski definition) is 2. The summed E-state index contributed by atoms with van der Waals surface area (Å²) in [7, 11) is 0. The Morgan fingerprint density at radius 2 is 1.96 bits per heavy atom. The Bertz CT molecular complexity index is 747. The summed E-state index contributed by atoms with van der Waals surface area (Å²) in [4.78, 5) is 27.6. The Morgan fingerprint density at radius 3 is 2.64 bits per heavy atom. The lowest BCUT2D eigenvalue weighted by molar-refractivity contribution is -0.141. The van der Waals surface area contributed by atoms with Crippen molar-refractivity contribution < 1.29 is 24.2 Å².